The van der Waals surface area contributed by atoms with Crippen molar-refractivity contribution >= 4 is 35.7 Å². The minimum atomic E-state index is -1.29. The number of esters is 1. The van der Waals surface area contributed by atoms with Gasteiger partial charge >= 0.3 is 12.1 Å². The van der Waals surface area contributed by atoms with Crippen molar-refractivity contribution in [2.24, 2.45) is 33.2 Å². The van der Waals surface area contributed by atoms with Gasteiger partial charge in [-0.3, -0.25) is 29.1 Å². The molecule has 1 aromatic rings. The zero-order valence-electron chi connectivity index (χ0n) is 30.6. The van der Waals surface area contributed by atoms with Crippen LogP contribution in [0.15, 0.2) is 29.0 Å². The number of amides is 4. The van der Waals surface area contributed by atoms with E-state index >= 15 is 0 Å². The predicted molar refractivity (Wildman–Crippen MR) is 188 cm³/mol. The highest BCUT2D eigenvalue weighted by Crippen LogP contribution is 2.94. The molecule has 17 heteroatoms. The number of rotatable bonds is 12. The fourth-order valence-corrected chi connectivity index (χ4v) is 11.3. The molecule has 17 nitrogen and oxygen atoms in total. The number of aliphatic hydroxyl groups is 1. The molecular formula is C37H47N7O10. The number of benzene rings is 1. The van der Waals surface area contributed by atoms with Crippen molar-refractivity contribution in [3.63, 3.8) is 0 Å². The van der Waals surface area contributed by atoms with Gasteiger partial charge in [-0.15, -0.1) is 0 Å². The molecule has 4 amide bonds. The summed E-state index contributed by atoms with van der Waals surface area (Å²) < 4.78 is 23.7. The minimum Gasteiger partial charge on any atom is -0.493 e. The van der Waals surface area contributed by atoms with Gasteiger partial charge in [-0.05, 0) is 80.9 Å². The van der Waals surface area contributed by atoms with E-state index in [4.69, 9.17) is 30.4 Å². The molecule has 0 radical (unpaired) electrons. The van der Waals surface area contributed by atoms with Crippen molar-refractivity contribution in [2.45, 2.75) is 88.0 Å². The number of hydrogen-bond acceptors (Lipinski definition) is 11. The summed E-state index contributed by atoms with van der Waals surface area (Å²) in [6.07, 6.45) is 4.47. The third-order valence-electron chi connectivity index (χ3n) is 13.1. The van der Waals surface area contributed by atoms with Gasteiger partial charge in [0.2, 0.25) is 17.7 Å². The number of nitrogens with zero attached hydrogens (tertiary/aromatic N) is 3. The molecule has 5 aliphatic carbocycles. The van der Waals surface area contributed by atoms with Crippen molar-refractivity contribution in [3.8, 4) is 11.5 Å². The second-order valence-corrected chi connectivity index (χ2v) is 15.8. The van der Waals surface area contributed by atoms with Crippen LogP contribution in [0.25, 0.3) is 0 Å². The maximum Gasteiger partial charge on any atom is 0.416 e. The number of nitrogens with two attached hydrogens (primary N) is 2. The Labute approximate surface area is 311 Å². The van der Waals surface area contributed by atoms with Crippen LogP contribution in [0.4, 0.5) is 4.79 Å². The number of carbonyl (C=O) groups is 5. The number of ether oxygens (including phenoxy) is 4. The zero-order valence-corrected chi connectivity index (χ0v) is 30.6. The van der Waals surface area contributed by atoms with Crippen LogP contribution in [-0.2, 0) is 40.5 Å². The van der Waals surface area contributed by atoms with Crippen LogP contribution in [0.3, 0.4) is 0 Å². The number of guanidine groups is 1. The van der Waals surface area contributed by atoms with E-state index < -0.39 is 65.5 Å². The standard InChI is InChI=1S/C37H47N7O10/c1-4-52-26(46)16-43-18-44(15-23(31(43)48)42-30(47)22(41-19(2)45)6-5-11-40-32(38)39)33(49)53-25-9-10-37(50)35-17-34(13-21-14-36(21,34)37)12-20-7-8-24(51-3)28(27(20)35)54-29(25)35/h7-9,21-23,29,50H,4-6,10-18H2,1-3H3,(H,41,45)(H,42,47)(H4,38,39,40)/t21-,22-,23-,29?,34?,35-,36?,37?/m0/s1. The molecule has 3 saturated carbocycles. The van der Waals surface area contributed by atoms with E-state index in [0.717, 1.165) is 35.3 Å². The average Bonchev–Trinajstić information content (AvgIpc) is 3.59. The quantitative estimate of drug-likeness (QED) is 0.0817. The topological polar surface area (TPSA) is 237 Å². The van der Waals surface area contributed by atoms with Crippen molar-refractivity contribution in [2.75, 3.05) is 40.0 Å². The molecule has 7 N–H and O–H groups in total. The monoisotopic (exact) mass is 749 g/mol. The summed E-state index contributed by atoms with van der Waals surface area (Å²) in [5.74, 6) is -0.761. The second kappa shape index (κ2) is 12.5. The maximum absolute atomic E-state index is 14.2. The summed E-state index contributed by atoms with van der Waals surface area (Å²) in [6, 6.07) is 1.64. The highest BCUT2D eigenvalue weighted by atomic mass is 16.6. The Morgan fingerprint density at radius 1 is 1.20 bits per heavy atom. The molecule has 8 atom stereocenters. The van der Waals surface area contributed by atoms with E-state index in [9.17, 15) is 29.1 Å². The van der Waals surface area contributed by atoms with Crippen LogP contribution in [0, 0.1) is 16.7 Å². The zero-order chi connectivity index (χ0) is 38.4. The molecule has 54 heavy (non-hydrogen) atoms. The number of hydrogen-bond donors (Lipinski definition) is 5. The lowest BCUT2D eigenvalue weighted by atomic mass is 9.55. The largest absolute Gasteiger partial charge is 0.493 e. The van der Waals surface area contributed by atoms with E-state index in [1.54, 1.807) is 20.1 Å². The van der Waals surface area contributed by atoms with Crippen LogP contribution in [0.2, 0.25) is 0 Å². The first-order chi connectivity index (χ1) is 25.7. The SMILES string of the molecule is CCOC(=O)CN1CN(C(=O)OC2=CCC3(O)C45C[C@@H]4CC54Cc5ccc(OC)c6c5[C@@]3(C4)C2O6)C[C@H](NC(=O)[C@H](CCCN=C(N)N)NC(C)=O)C1=O. The summed E-state index contributed by atoms with van der Waals surface area (Å²) in [5, 5.41) is 18.1. The van der Waals surface area contributed by atoms with E-state index in [-0.39, 0.29) is 61.8 Å². The third-order valence-corrected chi connectivity index (χ3v) is 13.1. The highest BCUT2D eigenvalue weighted by molar-refractivity contribution is 5.94. The first-order valence-electron chi connectivity index (χ1n) is 18.6. The average molecular weight is 750 g/mol. The Morgan fingerprint density at radius 3 is 2.69 bits per heavy atom. The van der Waals surface area contributed by atoms with Gasteiger partial charge in [0, 0.05) is 24.4 Å². The van der Waals surface area contributed by atoms with Crippen LogP contribution < -0.4 is 31.6 Å². The molecule has 1 saturated heterocycles. The third kappa shape index (κ3) is 4.92. The molecule has 2 heterocycles. The Bertz CT molecular complexity index is 1900. The van der Waals surface area contributed by atoms with Gasteiger partial charge in [-0.25, -0.2) is 4.79 Å². The van der Waals surface area contributed by atoms with E-state index in [1.807, 2.05) is 6.07 Å². The normalized spacial score (nSPS) is 33.4. The van der Waals surface area contributed by atoms with E-state index in [1.165, 1.54) is 11.8 Å². The molecule has 4 unspecified atom stereocenters. The van der Waals surface area contributed by atoms with Crippen molar-refractivity contribution in [1.29, 1.82) is 0 Å². The van der Waals surface area contributed by atoms with E-state index in [2.05, 4.69) is 21.7 Å². The van der Waals surface area contributed by atoms with Gasteiger partial charge in [0.05, 0.1) is 37.9 Å². The molecule has 7 aliphatic rings. The molecule has 0 aromatic heterocycles. The Morgan fingerprint density at radius 2 is 2.00 bits per heavy atom. The highest BCUT2D eigenvalue weighted by Gasteiger charge is 2.94. The lowest BCUT2D eigenvalue weighted by Gasteiger charge is -2.51. The number of methoxy groups -OCH3 is 1. The van der Waals surface area contributed by atoms with Crippen LogP contribution >= 0.6 is 0 Å². The molecule has 1 aromatic carbocycles. The minimum absolute atomic E-state index is 0.0587. The smallest absolute Gasteiger partial charge is 0.416 e. The fraction of sp³-hybridized carbons (Fsp3) is 0.622. The van der Waals surface area contributed by atoms with Crippen molar-refractivity contribution in [1.82, 2.24) is 20.4 Å². The van der Waals surface area contributed by atoms with Gasteiger partial charge < -0.3 is 51.1 Å². The summed E-state index contributed by atoms with van der Waals surface area (Å²) in [5.41, 5.74) is 10.7. The summed E-state index contributed by atoms with van der Waals surface area (Å²) in [7, 11) is 1.57. The fourth-order valence-electron chi connectivity index (χ4n) is 11.3. The van der Waals surface area contributed by atoms with Gasteiger partial charge in [0.25, 0.3) is 0 Å². The number of carbonyl (C=O) groups excluding carboxylic acids is 5. The summed E-state index contributed by atoms with van der Waals surface area (Å²) in [4.78, 5) is 72.2. The molecule has 3 spiro atoms. The second-order valence-electron chi connectivity index (χ2n) is 15.8. The van der Waals surface area contributed by atoms with Gasteiger partial charge in [0.1, 0.15) is 24.4 Å². The van der Waals surface area contributed by atoms with Crippen molar-refractivity contribution in [3.05, 3.63) is 35.1 Å². The Balaban J connectivity index is 1.05. The molecule has 8 rings (SSSR count). The molecule has 290 valence electrons. The summed E-state index contributed by atoms with van der Waals surface area (Å²) >= 11 is 0. The van der Waals surface area contributed by atoms with Gasteiger partial charge in [0.15, 0.2) is 23.6 Å². The van der Waals surface area contributed by atoms with Gasteiger partial charge in [-0.2, -0.15) is 0 Å². The molecule has 4 fully saturated rings. The summed E-state index contributed by atoms with van der Waals surface area (Å²) in [6.45, 7) is 2.08. The van der Waals surface area contributed by atoms with Crippen LogP contribution in [0.1, 0.15) is 63.5 Å². The molecule has 2 aliphatic heterocycles. The first-order valence-corrected chi connectivity index (χ1v) is 18.6. The lowest BCUT2D eigenvalue weighted by Crippen LogP contribution is -2.65. The first kappa shape index (κ1) is 35.9. The van der Waals surface area contributed by atoms with Gasteiger partial charge in [-0.1, -0.05) is 6.07 Å². The van der Waals surface area contributed by atoms with Crippen molar-refractivity contribution < 1.29 is 48.0 Å². The molecule has 2 bridgehead atoms. The Kier molecular flexibility index (Phi) is 8.32. The lowest BCUT2D eigenvalue weighted by molar-refractivity contribution is -0.154. The van der Waals surface area contributed by atoms with E-state index in [0.29, 0.717) is 30.3 Å². The number of aliphatic imine (C=N–C) groups is 1. The van der Waals surface area contributed by atoms with Crippen LogP contribution in [-0.4, -0.2) is 114 Å². The molecular weight excluding hydrogens is 702 g/mol. The maximum atomic E-state index is 14.2. The predicted octanol–water partition coefficient (Wildman–Crippen LogP) is -0.0866. The van der Waals surface area contributed by atoms with Crippen LogP contribution in [0.5, 0.6) is 11.5 Å². The Hall–Kier alpha value is -5.06. The number of nitrogens with one attached hydrogen (secondary N) is 2.